The van der Waals surface area contributed by atoms with Gasteiger partial charge in [-0.2, -0.15) is 10.2 Å². The van der Waals surface area contributed by atoms with Crippen LogP contribution < -0.4 is 5.32 Å². The number of H-pyrrole nitrogens is 1. The Labute approximate surface area is 137 Å². The monoisotopic (exact) mass is 332 g/mol. The molecule has 1 amide bonds. The molecule has 8 nitrogen and oxygen atoms in total. The first kappa shape index (κ1) is 16.1. The van der Waals surface area contributed by atoms with Crippen molar-refractivity contribution in [3.63, 3.8) is 0 Å². The number of halogens is 1. The van der Waals surface area contributed by atoms with Crippen molar-refractivity contribution in [3.8, 4) is 6.07 Å². The van der Waals surface area contributed by atoms with Gasteiger partial charge in [-0.1, -0.05) is 5.16 Å². The van der Waals surface area contributed by atoms with E-state index in [2.05, 4.69) is 20.4 Å². The number of carbonyl (C=O) groups is 1. The Bertz CT molecular complexity index is 764. The Morgan fingerprint density at radius 3 is 3.17 bits per heavy atom. The van der Waals surface area contributed by atoms with Crippen LogP contribution in [0.25, 0.3) is 0 Å². The van der Waals surface area contributed by atoms with Crippen LogP contribution >= 0.6 is 0 Å². The molecular formula is C15H17FN6O2. The van der Waals surface area contributed by atoms with Crippen molar-refractivity contribution < 1.29 is 13.7 Å². The van der Waals surface area contributed by atoms with Gasteiger partial charge in [0.1, 0.15) is 17.9 Å². The summed E-state index contributed by atoms with van der Waals surface area (Å²) < 4.78 is 18.7. The molecule has 0 bridgehead atoms. The number of nitrogens with one attached hydrogen (secondary N) is 2. The van der Waals surface area contributed by atoms with Gasteiger partial charge in [0.05, 0.1) is 12.1 Å². The Balaban J connectivity index is 1.58. The fraction of sp³-hybridized carbons (Fsp3) is 0.467. The summed E-state index contributed by atoms with van der Waals surface area (Å²) in [5, 5.41) is 15.4. The van der Waals surface area contributed by atoms with Crippen LogP contribution in [0.2, 0.25) is 0 Å². The van der Waals surface area contributed by atoms with E-state index >= 15 is 0 Å². The minimum atomic E-state index is -0.949. The lowest BCUT2D eigenvalue weighted by molar-refractivity contribution is 0.0935. The number of nitrogens with zero attached hydrogens (tertiary/aromatic N) is 4. The first-order valence-corrected chi connectivity index (χ1v) is 7.59. The highest BCUT2D eigenvalue weighted by molar-refractivity contribution is 5.92. The maximum atomic E-state index is 13.8. The number of carbonyl (C=O) groups excluding carboxylic acids is 1. The Hall–Kier alpha value is -2.73. The number of alkyl halides is 1. The number of hydrogen-bond acceptors (Lipinski definition) is 6. The number of aromatic nitrogens is 3. The number of aromatic amines is 1. The molecule has 3 heterocycles. The van der Waals surface area contributed by atoms with Crippen molar-refractivity contribution >= 4 is 5.91 Å². The summed E-state index contributed by atoms with van der Waals surface area (Å²) in [6, 6.07) is 3.28. The third-order valence-corrected chi connectivity index (χ3v) is 3.95. The molecule has 0 spiro atoms. The van der Waals surface area contributed by atoms with E-state index in [9.17, 15) is 9.18 Å². The zero-order valence-corrected chi connectivity index (χ0v) is 13.1. The van der Waals surface area contributed by atoms with E-state index in [-0.39, 0.29) is 18.5 Å². The fourth-order valence-electron chi connectivity index (χ4n) is 2.81. The van der Waals surface area contributed by atoms with Gasteiger partial charge in [0.25, 0.3) is 5.91 Å². The van der Waals surface area contributed by atoms with Crippen LogP contribution in [0.15, 0.2) is 16.8 Å². The summed E-state index contributed by atoms with van der Waals surface area (Å²) in [6.45, 7) is 2.65. The molecule has 3 rings (SSSR count). The van der Waals surface area contributed by atoms with Crippen molar-refractivity contribution in [2.24, 2.45) is 0 Å². The predicted octanol–water partition coefficient (Wildman–Crippen LogP) is 0.920. The molecular weight excluding hydrogens is 315 g/mol. The Morgan fingerprint density at radius 1 is 1.67 bits per heavy atom. The second-order valence-corrected chi connectivity index (χ2v) is 5.77. The largest absolute Gasteiger partial charge is 0.356 e. The number of likely N-dealkylation sites (tertiary alicyclic amines) is 1. The quantitative estimate of drug-likeness (QED) is 0.842. The van der Waals surface area contributed by atoms with Gasteiger partial charge in [0.15, 0.2) is 5.82 Å². The first-order chi connectivity index (χ1) is 11.5. The van der Waals surface area contributed by atoms with E-state index in [0.29, 0.717) is 42.5 Å². The minimum absolute atomic E-state index is 0.145. The zero-order chi connectivity index (χ0) is 17.1. The highest BCUT2D eigenvalue weighted by Crippen LogP contribution is 2.21. The average Bonchev–Trinajstić information content (AvgIpc) is 3.26. The molecule has 9 heteroatoms. The summed E-state index contributed by atoms with van der Waals surface area (Å²) in [7, 11) is 0. The number of nitriles is 1. The van der Waals surface area contributed by atoms with Crippen molar-refractivity contribution in [1.29, 1.82) is 5.26 Å². The van der Waals surface area contributed by atoms with Gasteiger partial charge in [0, 0.05) is 32.3 Å². The number of hydrogen-bond donors (Lipinski definition) is 2. The first-order valence-electron chi connectivity index (χ1n) is 7.59. The molecule has 126 valence electrons. The second-order valence-electron chi connectivity index (χ2n) is 5.77. The molecule has 1 aliphatic rings. The molecule has 1 aliphatic heterocycles. The van der Waals surface area contributed by atoms with Gasteiger partial charge >= 0.3 is 0 Å². The van der Waals surface area contributed by atoms with Crippen molar-refractivity contribution in [1.82, 2.24) is 25.3 Å². The van der Waals surface area contributed by atoms with Crippen molar-refractivity contribution in [2.75, 3.05) is 13.1 Å². The molecule has 1 saturated heterocycles. The Kier molecular flexibility index (Phi) is 4.57. The molecule has 2 aromatic heterocycles. The molecule has 0 saturated carbocycles. The van der Waals surface area contributed by atoms with Crippen LogP contribution in [0.3, 0.4) is 0 Å². The summed E-state index contributed by atoms with van der Waals surface area (Å²) in [5.74, 6) is 0.640. The lowest BCUT2D eigenvalue weighted by Gasteiger charge is -2.22. The topological polar surface area (TPSA) is 111 Å². The van der Waals surface area contributed by atoms with Crippen LogP contribution in [0.4, 0.5) is 4.39 Å². The van der Waals surface area contributed by atoms with Crippen LogP contribution in [0.5, 0.6) is 0 Å². The van der Waals surface area contributed by atoms with Crippen molar-refractivity contribution in [3.05, 3.63) is 35.2 Å². The molecule has 24 heavy (non-hydrogen) atoms. The SMILES string of the molecule is Cc1nc(CN2C[C@@H](F)C[C@H]2CNC(=O)c2cc(C#N)c[nH]2)no1. The van der Waals surface area contributed by atoms with Gasteiger partial charge in [-0.3, -0.25) is 9.69 Å². The van der Waals surface area contributed by atoms with E-state index in [0.717, 1.165) is 0 Å². The van der Waals surface area contributed by atoms with E-state index in [1.165, 1.54) is 12.3 Å². The van der Waals surface area contributed by atoms with E-state index < -0.39 is 6.17 Å². The zero-order valence-electron chi connectivity index (χ0n) is 13.1. The molecule has 0 aliphatic carbocycles. The fourth-order valence-corrected chi connectivity index (χ4v) is 2.81. The summed E-state index contributed by atoms with van der Waals surface area (Å²) >= 11 is 0. The molecule has 0 radical (unpaired) electrons. The van der Waals surface area contributed by atoms with Gasteiger partial charge in [-0.05, 0) is 12.5 Å². The van der Waals surface area contributed by atoms with Crippen LogP contribution in [0, 0.1) is 18.3 Å². The summed E-state index contributed by atoms with van der Waals surface area (Å²) in [4.78, 5) is 20.8. The third kappa shape index (κ3) is 3.60. The standard InChI is InChI=1S/C15H17FN6O2/c1-9-20-14(21-24-9)8-22-7-11(16)3-12(22)6-19-15(23)13-2-10(4-17)5-18-13/h2,5,11-12,18H,3,6-8H2,1H3,(H,19,23)/t11-,12-/m0/s1. The van der Waals surface area contributed by atoms with E-state index in [1.807, 2.05) is 11.0 Å². The van der Waals surface area contributed by atoms with E-state index in [1.54, 1.807) is 6.92 Å². The number of amides is 1. The smallest absolute Gasteiger partial charge is 0.267 e. The predicted molar refractivity (Wildman–Crippen MR) is 80.6 cm³/mol. The molecule has 2 aromatic rings. The average molecular weight is 332 g/mol. The Morgan fingerprint density at radius 2 is 2.50 bits per heavy atom. The molecule has 1 fully saturated rings. The molecule has 0 aromatic carbocycles. The van der Waals surface area contributed by atoms with Crippen molar-refractivity contribution in [2.45, 2.75) is 32.1 Å². The van der Waals surface area contributed by atoms with Gasteiger partial charge in [-0.25, -0.2) is 4.39 Å². The highest BCUT2D eigenvalue weighted by atomic mass is 19.1. The maximum absolute atomic E-state index is 13.8. The maximum Gasteiger partial charge on any atom is 0.267 e. The van der Waals surface area contributed by atoms with Gasteiger partial charge < -0.3 is 14.8 Å². The molecule has 2 atom stereocenters. The second kappa shape index (κ2) is 6.80. The van der Waals surface area contributed by atoms with Gasteiger partial charge in [-0.15, -0.1) is 0 Å². The van der Waals surface area contributed by atoms with E-state index in [4.69, 9.17) is 9.78 Å². The van der Waals surface area contributed by atoms with Crippen LogP contribution in [-0.2, 0) is 6.54 Å². The molecule has 0 unspecified atom stereocenters. The van der Waals surface area contributed by atoms with Gasteiger partial charge in [0.2, 0.25) is 5.89 Å². The minimum Gasteiger partial charge on any atom is -0.356 e. The lowest BCUT2D eigenvalue weighted by atomic mass is 10.2. The highest BCUT2D eigenvalue weighted by Gasteiger charge is 2.33. The van der Waals surface area contributed by atoms with Crippen LogP contribution in [-0.4, -0.2) is 51.2 Å². The summed E-state index contributed by atoms with van der Waals surface area (Å²) in [5.41, 5.74) is 0.695. The normalized spacial score (nSPS) is 20.9. The van der Waals surface area contributed by atoms with Crippen LogP contribution in [0.1, 0.15) is 34.2 Å². The lowest BCUT2D eigenvalue weighted by Crippen LogP contribution is -2.40. The number of aryl methyl sites for hydroxylation is 1. The molecule has 2 N–H and O–H groups in total. The number of rotatable bonds is 5. The third-order valence-electron chi connectivity index (χ3n) is 3.95. The summed E-state index contributed by atoms with van der Waals surface area (Å²) in [6.07, 6.45) is 0.855.